The lowest BCUT2D eigenvalue weighted by atomic mass is 10.1. The molecule has 0 unspecified atom stereocenters. The maximum atomic E-state index is 12.2. The molecule has 0 saturated heterocycles. The van der Waals surface area contributed by atoms with Crippen LogP contribution in [0.25, 0.3) is 0 Å². The molecule has 0 fully saturated rings. The Morgan fingerprint density at radius 2 is 1.26 bits per heavy atom. The molecule has 0 aliphatic rings. The minimum Gasteiger partial charge on any atom is -0.462 e. The summed E-state index contributed by atoms with van der Waals surface area (Å²) in [5, 5.41) is 19.9. The first-order valence-corrected chi connectivity index (χ1v) is 16.7. The van der Waals surface area contributed by atoms with Gasteiger partial charge in [0.1, 0.15) is 6.61 Å². The summed E-state index contributed by atoms with van der Waals surface area (Å²) in [5.41, 5.74) is 0. The van der Waals surface area contributed by atoms with Crippen molar-refractivity contribution in [2.24, 2.45) is 0 Å². The molecule has 0 aliphatic carbocycles. The molecule has 0 radical (unpaired) electrons. The number of unbranched alkanes of at least 4 members (excludes halogenated alkanes) is 6. The van der Waals surface area contributed by atoms with E-state index in [0.29, 0.717) is 25.7 Å². The zero-order valence-electron chi connectivity index (χ0n) is 25.4. The van der Waals surface area contributed by atoms with Crippen LogP contribution >= 0.6 is 7.82 Å². The average molecular weight is 617 g/mol. The van der Waals surface area contributed by atoms with Crippen molar-refractivity contribution < 1.29 is 48.2 Å². The van der Waals surface area contributed by atoms with E-state index < -0.39 is 44.7 Å². The van der Waals surface area contributed by atoms with Gasteiger partial charge in [0, 0.05) is 12.8 Å². The highest BCUT2D eigenvalue weighted by atomic mass is 31.2. The van der Waals surface area contributed by atoms with Crippen LogP contribution in [0.3, 0.4) is 0 Å². The Labute approximate surface area is 251 Å². The highest BCUT2D eigenvalue weighted by molar-refractivity contribution is 7.46. The number of carbonyl (C=O) groups excluding carboxylic acids is 2. The predicted molar refractivity (Wildman–Crippen MR) is 163 cm³/mol. The van der Waals surface area contributed by atoms with Crippen molar-refractivity contribution in [2.75, 3.05) is 13.2 Å². The largest absolute Gasteiger partial charge is 0.469 e. The first-order chi connectivity index (χ1) is 20.1. The Morgan fingerprint density at radius 1 is 0.714 bits per heavy atom. The molecule has 3 atom stereocenters. The second-order valence-corrected chi connectivity index (χ2v) is 11.4. The van der Waals surface area contributed by atoms with Gasteiger partial charge in [0.25, 0.3) is 0 Å². The van der Waals surface area contributed by atoms with Crippen molar-refractivity contribution in [1.29, 1.82) is 0 Å². The number of carbonyl (C=O) groups is 2. The molecular weight excluding hydrogens is 563 g/mol. The highest BCUT2D eigenvalue weighted by Gasteiger charge is 2.23. The predicted octanol–water partition coefficient (Wildman–Crippen LogP) is 6.00. The number of ether oxygens (including phenoxy) is 2. The van der Waals surface area contributed by atoms with Crippen molar-refractivity contribution in [3.05, 3.63) is 48.6 Å². The van der Waals surface area contributed by atoms with Gasteiger partial charge >= 0.3 is 19.8 Å². The van der Waals surface area contributed by atoms with Gasteiger partial charge in [-0.05, 0) is 32.1 Å². The van der Waals surface area contributed by atoms with E-state index in [-0.39, 0.29) is 19.4 Å². The lowest BCUT2D eigenvalue weighted by molar-refractivity contribution is -0.161. The van der Waals surface area contributed by atoms with Crippen LogP contribution in [0, 0.1) is 0 Å². The summed E-state index contributed by atoms with van der Waals surface area (Å²) in [6.45, 7) is 3.23. The summed E-state index contributed by atoms with van der Waals surface area (Å²) in [6, 6.07) is 0. The fraction of sp³-hybridized carbons (Fsp3) is 0.677. The van der Waals surface area contributed by atoms with Gasteiger partial charge in [-0.15, -0.1) is 0 Å². The molecule has 0 amide bonds. The van der Waals surface area contributed by atoms with Gasteiger partial charge in [0.15, 0.2) is 6.10 Å². The van der Waals surface area contributed by atoms with Crippen molar-refractivity contribution in [3.8, 4) is 0 Å². The van der Waals surface area contributed by atoms with Crippen molar-refractivity contribution in [2.45, 2.75) is 122 Å². The van der Waals surface area contributed by atoms with E-state index in [2.05, 4.69) is 18.4 Å². The number of allylic oxidation sites excluding steroid dienone is 6. The summed E-state index contributed by atoms with van der Waals surface area (Å²) in [7, 11) is -4.80. The van der Waals surface area contributed by atoms with Gasteiger partial charge in [0.05, 0.1) is 18.8 Å². The molecule has 0 aliphatic heterocycles. The third-order valence-electron chi connectivity index (χ3n) is 6.06. The van der Waals surface area contributed by atoms with E-state index in [4.69, 9.17) is 19.3 Å². The van der Waals surface area contributed by atoms with Crippen LogP contribution in [-0.2, 0) is 28.2 Å². The molecule has 0 aromatic rings. The lowest BCUT2D eigenvalue weighted by Crippen LogP contribution is -2.29. The fourth-order valence-electron chi connectivity index (χ4n) is 3.70. The average Bonchev–Trinajstić information content (AvgIpc) is 2.93. The Morgan fingerprint density at radius 3 is 1.86 bits per heavy atom. The number of hydrogen-bond acceptors (Lipinski definition) is 8. The number of esters is 2. The molecule has 0 aromatic carbocycles. The summed E-state index contributed by atoms with van der Waals surface area (Å²) >= 11 is 0. The highest BCUT2D eigenvalue weighted by Crippen LogP contribution is 2.35. The van der Waals surface area contributed by atoms with Crippen LogP contribution in [0.1, 0.15) is 104 Å². The van der Waals surface area contributed by atoms with E-state index in [1.165, 1.54) is 0 Å². The number of aliphatic hydroxyl groups is 2. The third kappa shape index (κ3) is 28.1. The van der Waals surface area contributed by atoms with Gasteiger partial charge < -0.3 is 29.5 Å². The zero-order valence-corrected chi connectivity index (χ0v) is 26.2. The van der Waals surface area contributed by atoms with Gasteiger partial charge in [-0.1, -0.05) is 107 Å². The van der Waals surface area contributed by atoms with E-state index in [1.54, 1.807) is 18.2 Å². The summed E-state index contributed by atoms with van der Waals surface area (Å²) < 4.78 is 25.8. The zero-order chi connectivity index (χ0) is 31.5. The molecule has 0 rings (SSSR count). The van der Waals surface area contributed by atoms with Gasteiger partial charge in [0.2, 0.25) is 0 Å². The van der Waals surface area contributed by atoms with Crippen molar-refractivity contribution in [1.82, 2.24) is 0 Å². The second-order valence-electron chi connectivity index (χ2n) is 10.1. The van der Waals surface area contributed by atoms with Crippen LogP contribution in [0.15, 0.2) is 48.6 Å². The van der Waals surface area contributed by atoms with E-state index in [0.717, 1.165) is 51.4 Å². The molecule has 0 spiro atoms. The molecule has 42 heavy (non-hydrogen) atoms. The quantitative estimate of drug-likeness (QED) is 0.0393. The normalized spacial score (nSPS) is 14.7. The number of phosphoric ester groups is 1. The Bertz CT molecular complexity index is 862. The summed E-state index contributed by atoms with van der Waals surface area (Å²) in [4.78, 5) is 42.1. The second kappa shape index (κ2) is 26.5. The first-order valence-electron chi connectivity index (χ1n) is 15.1. The van der Waals surface area contributed by atoms with Crippen LogP contribution < -0.4 is 0 Å². The van der Waals surface area contributed by atoms with E-state index in [1.807, 2.05) is 30.4 Å². The molecule has 0 saturated carbocycles. The number of phosphoric acid groups is 1. The molecule has 4 N–H and O–H groups in total. The van der Waals surface area contributed by atoms with E-state index in [9.17, 15) is 24.4 Å². The molecular formula is C31H53O10P. The van der Waals surface area contributed by atoms with Crippen LogP contribution in [0.4, 0.5) is 0 Å². The minimum atomic E-state index is -4.80. The molecule has 242 valence electrons. The molecule has 0 aromatic heterocycles. The third-order valence-corrected chi connectivity index (χ3v) is 6.54. The van der Waals surface area contributed by atoms with Crippen LogP contribution in [0.5, 0.6) is 0 Å². The Balaban J connectivity index is 4.34. The lowest BCUT2D eigenvalue weighted by Gasteiger charge is -2.18. The molecule has 11 heteroatoms. The molecule has 0 heterocycles. The topological polar surface area (TPSA) is 160 Å². The van der Waals surface area contributed by atoms with Crippen LogP contribution in [0.2, 0.25) is 0 Å². The maximum absolute atomic E-state index is 12.2. The summed E-state index contributed by atoms with van der Waals surface area (Å²) in [6.07, 6.45) is 22.5. The number of hydrogen-bond donors (Lipinski definition) is 4. The minimum absolute atomic E-state index is 0.0376. The fourth-order valence-corrected chi connectivity index (χ4v) is 4.06. The van der Waals surface area contributed by atoms with Crippen LogP contribution in [-0.4, -0.2) is 63.5 Å². The Hall–Kier alpha value is -2.07. The molecule has 0 bridgehead atoms. The first kappa shape index (κ1) is 39.9. The van der Waals surface area contributed by atoms with Gasteiger partial charge in [-0.3, -0.25) is 14.1 Å². The van der Waals surface area contributed by atoms with Gasteiger partial charge in [-0.25, -0.2) is 4.57 Å². The summed E-state index contributed by atoms with van der Waals surface area (Å²) in [5.74, 6) is -1.14. The van der Waals surface area contributed by atoms with Crippen molar-refractivity contribution in [3.63, 3.8) is 0 Å². The number of rotatable bonds is 26. The maximum Gasteiger partial charge on any atom is 0.469 e. The number of aliphatic hydroxyl groups excluding tert-OH is 2. The molecule has 10 nitrogen and oxygen atoms in total. The van der Waals surface area contributed by atoms with Gasteiger partial charge in [-0.2, -0.15) is 0 Å². The smallest absolute Gasteiger partial charge is 0.462 e. The van der Waals surface area contributed by atoms with E-state index >= 15 is 0 Å². The standard InChI is InChI=1S/C31H53O10P/c1-3-5-7-11-17-23-30(34)39-25-29(26-40-42(36,37)38)41-31(35)24-18-22-28(33)21-16-13-10-8-9-12-15-20-27(32)19-14-6-4-2/h9-10,12-13,15-16,20-21,27-29,32-33H,3-8,11,14,17-19,22-26H2,1-2H3,(H2,36,37,38)/b12-9-,13-10-,20-15+,21-16+/t27-,28-,29-/m1/s1. The SMILES string of the molecule is CCCCCCCC(=O)OC[C@H](COP(=O)(O)O)OC(=O)CCC[C@H](O)/C=C/C=C\C/C=C\C=C\[C@H](O)CCCCC. The Kier molecular flexibility index (Phi) is 25.2. The van der Waals surface area contributed by atoms with Crippen molar-refractivity contribution >= 4 is 19.8 Å². The monoisotopic (exact) mass is 616 g/mol.